The Morgan fingerprint density at radius 2 is 1.72 bits per heavy atom. The summed E-state index contributed by atoms with van der Waals surface area (Å²) in [4.78, 5) is 25.1. The quantitative estimate of drug-likeness (QED) is 0.850. The van der Waals surface area contributed by atoms with Gasteiger partial charge in [0.25, 0.3) is 5.91 Å². The van der Waals surface area contributed by atoms with Gasteiger partial charge in [-0.3, -0.25) is 4.79 Å². The van der Waals surface area contributed by atoms with E-state index in [0.717, 1.165) is 18.6 Å². The maximum absolute atomic E-state index is 12.5. The Balaban J connectivity index is 1.57. The molecule has 0 aromatic heterocycles. The Kier molecular flexibility index (Phi) is 5.24. The predicted octanol–water partition coefficient (Wildman–Crippen LogP) is 1.30. The summed E-state index contributed by atoms with van der Waals surface area (Å²) in [5, 5.41) is 19.0. The Morgan fingerprint density at radius 3 is 2.28 bits per heavy atom. The van der Waals surface area contributed by atoms with E-state index in [9.17, 15) is 14.7 Å². The Labute approximate surface area is 146 Å². The monoisotopic (exact) mass is 349 g/mol. The van der Waals surface area contributed by atoms with E-state index in [-0.39, 0.29) is 37.9 Å². The highest BCUT2D eigenvalue weighted by Gasteiger charge is 2.40. The number of amides is 1. The fraction of sp³-hybridized carbons (Fsp3) is 0.556. The molecule has 2 saturated heterocycles. The first-order chi connectivity index (χ1) is 12.0. The van der Waals surface area contributed by atoms with E-state index >= 15 is 0 Å². The zero-order valence-electron chi connectivity index (χ0n) is 14.0. The van der Waals surface area contributed by atoms with Gasteiger partial charge < -0.3 is 24.6 Å². The lowest BCUT2D eigenvalue weighted by atomic mass is 9.91. The number of carbonyl (C=O) groups is 2. The molecule has 2 fully saturated rings. The number of hydrogen-bond donors (Lipinski definition) is 2. The lowest BCUT2D eigenvalue weighted by molar-refractivity contribution is -0.162. The van der Waals surface area contributed by atoms with Crippen LogP contribution < -0.4 is 4.74 Å². The highest BCUT2D eigenvalue weighted by atomic mass is 16.5. The van der Waals surface area contributed by atoms with Crippen molar-refractivity contribution in [2.75, 3.05) is 26.3 Å². The number of benzene rings is 1. The third-order valence-corrected chi connectivity index (χ3v) is 4.85. The molecular weight excluding hydrogens is 326 g/mol. The van der Waals surface area contributed by atoms with Gasteiger partial charge in [-0.1, -0.05) is 0 Å². The van der Waals surface area contributed by atoms with E-state index < -0.39 is 11.6 Å². The summed E-state index contributed by atoms with van der Waals surface area (Å²) in [5.74, 6) is -0.665. The number of ether oxygens (including phenoxy) is 2. The molecule has 7 nitrogen and oxygen atoms in total. The van der Waals surface area contributed by atoms with Crippen molar-refractivity contribution < 1.29 is 29.3 Å². The van der Waals surface area contributed by atoms with Gasteiger partial charge in [0, 0.05) is 44.3 Å². The van der Waals surface area contributed by atoms with E-state index in [4.69, 9.17) is 14.6 Å². The minimum atomic E-state index is -1.72. The van der Waals surface area contributed by atoms with Crippen LogP contribution in [-0.4, -0.2) is 65.0 Å². The molecule has 0 atom stereocenters. The number of likely N-dealkylation sites (tertiary alicyclic amines) is 1. The average molecular weight is 349 g/mol. The maximum atomic E-state index is 12.5. The molecule has 2 aliphatic heterocycles. The van der Waals surface area contributed by atoms with Crippen LogP contribution in [0.1, 0.15) is 36.0 Å². The van der Waals surface area contributed by atoms with Crippen LogP contribution in [0.5, 0.6) is 5.75 Å². The highest BCUT2D eigenvalue weighted by Crippen LogP contribution is 2.24. The number of rotatable bonds is 4. The molecule has 2 heterocycles. The number of carboxylic acids is 1. The molecule has 1 aromatic rings. The molecule has 2 N–H and O–H groups in total. The number of aliphatic hydroxyl groups is 1. The molecule has 0 saturated carbocycles. The van der Waals surface area contributed by atoms with Crippen LogP contribution in [0.3, 0.4) is 0 Å². The van der Waals surface area contributed by atoms with Gasteiger partial charge in [0.15, 0.2) is 5.60 Å². The molecule has 0 unspecified atom stereocenters. The summed E-state index contributed by atoms with van der Waals surface area (Å²) in [5.41, 5.74) is -1.20. The van der Waals surface area contributed by atoms with Crippen LogP contribution in [0.25, 0.3) is 0 Å². The molecule has 0 aliphatic carbocycles. The van der Waals surface area contributed by atoms with Crippen LogP contribution in [-0.2, 0) is 9.53 Å². The summed E-state index contributed by atoms with van der Waals surface area (Å²) in [6.45, 7) is 1.86. The van der Waals surface area contributed by atoms with Crippen molar-refractivity contribution in [3.05, 3.63) is 29.8 Å². The molecule has 7 heteroatoms. The van der Waals surface area contributed by atoms with Crippen molar-refractivity contribution in [1.82, 2.24) is 4.90 Å². The summed E-state index contributed by atoms with van der Waals surface area (Å²) in [6.07, 6.45) is 1.95. The Hall–Kier alpha value is -2.12. The number of hydrogen-bond acceptors (Lipinski definition) is 5. The van der Waals surface area contributed by atoms with Crippen molar-refractivity contribution >= 4 is 11.9 Å². The van der Waals surface area contributed by atoms with Gasteiger partial charge in [0.2, 0.25) is 0 Å². The van der Waals surface area contributed by atoms with Gasteiger partial charge in [0.1, 0.15) is 11.9 Å². The van der Waals surface area contributed by atoms with Gasteiger partial charge in [-0.25, -0.2) is 4.79 Å². The molecule has 1 aromatic carbocycles. The topological polar surface area (TPSA) is 96.3 Å². The third kappa shape index (κ3) is 4.11. The van der Waals surface area contributed by atoms with Gasteiger partial charge in [-0.15, -0.1) is 0 Å². The molecule has 0 spiro atoms. The van der Waals surface area contributed by atoms with E-state index in [1.54, 1.807) is 29.2 Å². The van der Waals surface area contributed by atoms with Crippen LogP contribution in [0.15, 0.2) is 24.3 Å². The molecule has 136 valence electrons. The van der Waals surface area contributed by atoms with Crippen molar-refractivity contribution in [3.8, 4) is 5.75 Å². The Morgan fingerprint density at radius 1 is 1.12 bits per heavy atom. The Bertz CT molecular complexity index is 615. The van der Waals surface area contributed by atoms with Crippen LogP contribution >= 0.6 is 0 Å². The second-order valence-electron chi connectivity index (χ2n) is 6.58. The molecular formula is C18H23NO6. The predicted molar refractivity (Wildman–Crippen MR) is 88.6 cm³/mol. The first kappa shape index (κ1) is 17.7. The lowest BCUT2D eigenvalue weighted by Crippen LogP contribution is -2.50. The number of carbonyl (C=O) groups excluding carboxylic acids is 1. The normalized spacial score (nSPS) is 20.9. The summed E-state index contributed by atoms with van der Waals surface area (Å²) >= 11 is 0. The van der Waals surface area contributed by atoms with E-state index in [2.05, 4.69) is 0 Å². The molecule has 0 bridgehead atoms. The summed E-state index contributed by atoms with van der Waals surface area (Å²) in [7, 11) is 0. The smallest absolute Gasteiger partial charge is 0.335 e. The summed E-state index contributed by atoms with van der Waals surface area (Å²) in [6, 6.07) is 6.99. The van der Waals surface area contributed by atoms with Crippen molar-refractivity contribution in [1.29, 1.82) is 0 Å². The van der Waals surface area contributed by atoms with E-state index in [0.29, 0.717) is 18.8 Å². The SMILES string of the molecule is O=C(c1ccc(OC2CCOCC2)cc1)N1CCC(O)(C(=O)O)CC1. The van der Waals surface area contributed by atoms with Gasteiger partial charge in [-0.05, 0) is 24.3 Å². The second kappa shape index (κ2) is 7.41. The first-order valence-electron chi connectivity index (χ1n) is 8.57. The molecule has 25 heavy (non-hydrogen) atoms. The van der Waals surface area contributed by atoms with Crippen LogP contribution in [0.2, 0.25) is 0 Å². The van der Waals surface area contributed by atoms with Crippen LogP contribution in [0, 0.1) is 0 Å². The van der Waals surface area contributed by atoms with Crippen molar-refractivity contribution in [2.45, 2.75) is 37.4 Å². The fourth-order valence-electron chi connectivity index (χ4n) is 3.14. The molecule has 3 rings (SSSR count). The minimum absolute atomic E-state index is 0.0407. The van der Waals surface area contributed by atoms with Crippen molar-refractivity contribution in [2.24, 2.45) is 0 Å². The number of aliphatic carboxylic acids is 1. The number of piperidine rings is 1. The zero-order valence-corrected chi connectivity index (χ0v) is 14.0. The van der Waals surface area contributed by atoms with Gasteiger partial charge in [0.05, 0.1) is 13.2 Å². The van der Waals surface area contributed by atoms with E-state index in [1.165, 1.54) is 0 Å². The third-order valence-electron chi connectivity index (χ3n) is 4.85. The van der Waals surface area contributed by atoms with Gasteiger partial charge >= 0.3 is 5.97 Å². The highest BCUT2D eigenvalue weighted by molar-refractivity contribution is 5.94. The number of nitrogens with zero attached hydrogens (tertiary/aromatic N) is 1. The lowest BCUT2D eigenvalue weighted by Gasteiger charge is -2.35. The van der Waals surface area contributed by atoms with E-state index in [1.807, 2.05) is 0 Å². The standard InChI is InChI=1S/C18H23NO6/c20-16(19-9-7-18(23,8-10-19)17(21)22)13-1-3-14(4-2-13)25-15-5-11-24-12-6-15/h1-4,15,23H,5-12H2,(H,21,22). The zero-order chi connectivity index (χ0) is 17.9. The average Bonchev–Trinajstić information content (AvgIpc) is 2.63. The van der Waals surface area contributed by atoms with Crippen LogP contribution in [0.4, 0.5) is 0 Å². The maximum Gasteiger partial charge on any atom is 0.335 e. The summed E-state index contributed by atoms with van der Waals surface area (Å²) < 4.78 is 11.2. The molecule has 2 aliphatic rings. The second-order valence-corrected chi connectivity index (χ2v) is 6.58. The van der Waals surface area contributed by atoms with Crippen molar-refractivity contribution in [3.63, 3.8) is 0 Å². The largest absolute Gasteiger partial charge is 0.490 e. The number of carboxylic acid groups (broad SMARTS) is 1. The minimum Gasteiger partial charge on any atom is -0.490 e. The molecule has 0 radical (unpaired) electrons. The molecule has 1 amide bonds. The van der Waals surface area contributed by atoms with Gasteiger partial charge in [-0.2, -0.15) is 0 Å². The fourth-order valence-corrected chi connectivity index (χ4v) is 3.14. The first-order valence-corrected chi connectivity index (χ1v) is 8.57.